The van der Waals surface area contributed by atoms with Gasteiger partial charge in [-0.3, -0.25) is 9.59 Å². The van der Waals surface area contributed by atoms with E-state index < -0.39 is 66.1 Å². The standard InChI is InChI=1S/C21H20F5N3O5/c1-20(21(24,25)26)8-12(11-3-4-13(22)15(23)16(11)33-2)17(34-20)19(32)28-10-5-6-29(9-30)14(7-10)18(27)31/h3-7,12,17,30H,8-9H2,1-2H3,(H2,27,31)/p+1/t12-,17+,20+/m1/s1. The van der Waals surface area contributed by atoms with Crippen molar-refractivity contribution in [2.45, 2.75) is 43.9 Å². The van der Waals surface area contributed by atoms with Crippen molar-refractivity contribution in [3.05, 3.63) is 53.4 Å². The van der Waals surface area contributed by atoms with E-state index >= 15 is 0 Å². The normalized spacial score (nSPS) is 22.5. The van der Waals surface area contributed by atoms with Gasteiger partial charge in [0, 0.05) is 23.6 Å². The monoisotopic (exact) mass is 490 g/mol. The van der Waals surface area contributed by atoms with Gasteiger partial charge in [-0.2, -0.15) is 22.1 Å². The SMILES string of the molecule is COc1c([C@H]2C[C@@](C)(C(F)(F)F)O[C@@H]2C(=O)Nc2cc[n+](CO)c(C(N)=O)c2)ccc(F)c1F. The van der Waals surface area contributed by atoms with Gasteiger partial charge >= 0.3 is 12.1 Å². The fraction of sp³-hybridized carbons (Fsp3) is 0.381. The molecule has 1 aliphatic rings. The fourth-order valence-corrected chi connectivity index (χ4v) is 3.83. The van der Waals surface area contributed by atoms with Gasteiger partial charge in [0.25, 0.3) is 18.3 Å². The Morgan fingerprint density at radius 2 is 2.00 bits per heavy atom. The first-order chi connectivity index (χ1) is 15.8. The number of carbonyl (C=O) groups excluding carboxylic acids is 2. The lowest BCUT2D eigenvalue weighted by molar-refractivity contribution is -0.731. The molecule has 1 aromatic heterocycles. The Bertz CT molecular complexity index is 1130. The molecule has 2 heterocycles. The second-order valence-electron chi connectivity index (χ2n) is 7.83. The number of rotatable bonds is 6. The zero-order valence-electron chi connectivity index (χ0n) is 18.0. The van der Waals surface area contributed by atoms with Gasteiger partial charge in [-0.1, -0.05) is 6.07 Å². The van der Waals surface area contributed by atoms with Gasteiger partial charge in [-0.05, 0) is 19.4 Å². The lowest BCUT2D eigenvalue weighted by Crippen LogP contribution is -2.44. The summed E-state index contributed by atoms with van der Waals surface area (Å²) in [4.78, 5) is 24.6. The summed E-state index contributed by atoms with van der Waals surface area (Å²) >= 11 is 0. The van der Waals surface area contributed by atoms with Crippen molar-refractivity contribution in [1.82, 2.24) is 0 Å². The largest absolute Gasteiger partial charge is 0.493 e. The van der Waals surface area contributed by atoms with Gasteiger partial charge in [0.05, 0.1) is 12.8 Å². The number of primary amides is 1. The molecule has 2 aromatic rings. The number of hydrogen-bond acceptors (Lipinski definition) is 5. The number of aromatic nitrogens is 1. The molecule has 0 spiro atoms. The first-order valence-electron chi connectivity index (χ1n) is 9.84. The van der Waals surface area contributed by atoms with Crippen LogP contribution in [0.25, 0.3) is 0 Å². The Morgan fingerprint density at radius 3 is 2.56 bits per heavy atom. The highest BCUT2D eigenvalue weighted by Crippen LogP contribution is 2.51. The summed E-state index contributed by atoms with van der Waals surface area (Å²) < 4.78 is 80.3. The molecule has 0 unspecified atom stereocenters. The van der Waals surface area contributed by atoms with Crippen LogP contribution in [0.4, 0.5) is 27.6 Å². The molecule has 0 bridgehead atoms. The average Bonchev–Trinajstić information content (AvgIpc) is 3.14. The summed E-state index contributed by atoms with van der Waals surface area (Å²) in [6.07, 6.45) is -6.22. The summed E-state index contributed by atoms with van der Waals surface area (Å²) in [6.45, 7) is 0.150. The topological polar surface area (TPSA) is 115 Å². The molecule has 0 saturated carbocycles. The minimum Gasteiger partial charge on any atom is -0.493 e. The molecule has 8 nitrogen and oxygen atoms in total. The quantitative estimate of drug-likeness (QED) is 0.424. The van der Waals surface area contributed by atoms with Crippen LogP contribution < -0.4 is 20.4 Å². The first-order valence-corrected chi connectivity index (χ1v) is 9.84. The number of nitrogens with zero attached hydrogens (tertiary/aromatic N) is 1. The number of methoxy groups -OCH3 is 1. The molecule has 1 aliphatic heterocycles. The molecule has 1 saturated heterocycles. The third-order valence-electron chi connectivity index (χ3n) is 5.61. The number of hydrogen-bond donors (Lipinski definition) is 3. The highest BCUT2D eigenvalue weighted by Gasteiger charge is 2.61. The van der Waals surface area contributed by atoms with Crippen LogP contribution in [0.1, 0.15) is 35.3 Å². The second-order valence-corrected chi connectivity index (χ2v) is 7.83. The van der Waals surface area contributed by atoms with Gasteiger partial charge in [0.2, 0.25) is 5.82 Å². The maximum Gasteiger partial charge on any atom is 0.417 e. The lowest BCUT2D eigenvalue weighted by Gasteiger charge is -2.27. The van der Waals surface area contributed by atoms with Gasteiger partial charge in [0.15, 0.2) is 23.4 Å². The van der Waals surface area contributed by atoms with E-state index in [0.29, 0.717) is 0 Å². The number of carbonyl (C=O) groups is 2. The van der Waals surface area contributed by atoms with Crippen molar-refractivity contribution in [2.24, 2.45) is 5.73 Å². The molecule has 2 amide bonds. The molecule has 1 aromatic carbocycles. The summed E-state index contributed by atoms with van der Waals surface area (Å²) in [7, 11) is 1.01. The van der Waals surface area contributed by atoms with E-state index in [0.717, 1.165) is 36.8 Å². The molecular formula is C21H21F5N3O5+. The average molecular weight is 490 g/mol. The highest BCUT2D eigenvalue weighted by atomic mass is 19.4. The van der Waals surface area contributed by atoms with E-state index in [9.17, 15) is 36.6 Å². The van der Waals surface area contributed by atoms with Crippen LogP contribution in [0.3, 0.4) is 0 Å². The molecule has 4 N–H and O–H groups in total. The highest BCUT2D eigenvalue weighted by molar-refractivity contribution is 5.96. The first kappa shape index (κ1) is 25.3. The molecular weight excluding hydrogens is 469 g/mol. The molecule has 34 heavy (non-hydrogen) atoms. The van der Waals surface area contributed by atoms with Gasteiger partial charge < -0.3 is 25.6 Å². The zero-order valence-corrected chi connectivity index (χ0v) is 18.0. The van der Waals surface area contributed by atoms with Crippen LogP contribution in [0.2, 0.25) is 0 Å². The van der Waals surface area contributed by atoms with E-state index in [1.165, 1.54) is 12.3 Å². The van der Waals surface area contributed by atoms with Crippen LogP contribution in [0, 0.1) is 11.6 Å². The number of nitrogens with two attached hydrogens (primary N) is 1. The molecule has 0 radical (unpaired) electrons. The van der Waals surface area contributed by atoms with E-state index in [2.05, 4.69) is 5.32 Å². The number of nitrogens with one attached hydrogen (secondary N) is 1. The maximum atomic E-state index is 14.3. The number of ether oxygens (including phenoxy) is 2. The van der Waals surface area contributed by atoms with Gasteiger partial charge in [-0.15, -0.1) is 0 Å². The van der Waals surface area contributed by atoms with E-state index in [4.69, 9.17) is 15.2 Å². The number of alkyl halides is 3. The molecule has 13 heteroatoms. The summed E-state index contributed by atoms with van der Waals surface area (Å²) in [5.74, 6) is -6.67. The number of halogens is 5. The van der Waals surface area contributed by atoms with Gasteiger partial charge in [0.1, 0.15) is 6.10 Å². The van der Waals surface area contributed by atoms with Gasteiger partial charge in [-0.25, -0.2) is 4.39 Å². The van der Waals surface area contributed by atoms with E-state index in [1.54, 1.807) is 0 Å². The number of amides is 2. The van der Waals surface area contributed by atoms with Crippen molar-refractivity contribution in [3.63, 3.8) is 0 Å². The molecule has 1 fully saturated rings. The van der Waals surface area contributed by atoms with Crippen LogP contribution in [-0.2, 0) is 16.3 Å². The number of aliphatic hydroxyl groups is 1. The number of aliphatic hydroxyl groups excluding tert-OH is 1. The van der Waals surface area contributed by atoms with Crippen LogP contribution in [0.5, 0.6) is 5.75 Å². The van der Waals surface area contributed by atoms with Crippen LogP contribution >= 0.6 is 0 Å². The Labute approximate surface area is 190 Å². The summed E-state index contributed by atoms with van der Waals surface area (Å²) in [5, 5.41) is 11.6. The van der Waals surface area contributed by atoms with Crippen molar-refractivity contribution in [3.8, 4) is 5.75 Å². The van der Waals surface area contributed by atoms with E-state index in [1.807, 2.05) is 0 Å². The second kappa shape index (κ2) is 9.14. The minimum absolute atomic E-state index is 0.0243. The molecule has 3 rings (SSSR count). The van der Waals surface area contributed by atoms with Crippen molar-refractivity contribution in [1.29, 1.82) is 0 Å². The maximum absolute atomic E-state index is 14.3. The Morgan fingerprint density at radius 1 is 1.32 bits per heavy atom. The van der Waals surface area contributed by atoms with Crippen molar-refractivity contribution < 1.29 is 50.7 Å². The third-order valence-corrected chi connectivity index (χ3v) is 5.61. The number of benzene rings is 1. The minimum atomic E-state index is -4.88. The molecule has 3 atom stereocenters. The Kier molecular flexibility index (Phi) is 6.80. The number of pyridine rings is 1. The Balaban J connectivity index is 2.02. The zero-order chi connectivity index (χ0) is 25.4. The number of anilines is 1. The predicted octanol–water partition coefficient (Wildman–Crippen LogP) is 2.14. The fourth-order valence-electron chi connectivity index (χ4n) is 3.83. The van der Waals surface area contributed by atoms with Crippen LogP contribution in [0.15, 0.2) is 30.5 Å². The van der Waals surface area contributed by atoms with Crippen molar-refractivity contribution in [2.75, 3.05) is 12.4 Å². The Hall–Kier alpha value is -3.32. The summed E-state index contributed by atoms with van der Waals surface area (Å²) in [5.41, 5.74) is 2.07. The molecule has 184 valence electrons. The summed E-state index contributed by atoms with van der Waals surface area (Å²) in [6, 6.07) is 4.13. The van der Waals surface area contributed by atoms with Crippen LogP contribution in [-0.4, -0.2) is 41.9 Å². The smallest absolute Gasteiger partial charge is 0.417 e. The lowest BCUT2D eigenvalue weighted by atomic mass is 9.85. The van der Waals surface area contributed by atoms with Crippen molar-refractivity contribution >= 4 is 17.5 Å². The van der Waals surface area contributed by atoms with E-state index in [-0.39, 0.29) is 16.9 Å². The third kappa shape index (κ3) is 4.53. The molecule has 0 aliphatic carbocycles. The predicted molar refractivity (Wildman–Crippen MR) is 106 cm³/mol.